The van der Waals surface area contributed by atoms with Crippen molar-refractivity contribution in [3.63, 3.8) is 0 Å². The number of hydrogen-bond donors (Lipinski definition) is 1. The highest BCUT2D eigenvalue weighted by Crippen LogP contribution is 2.11. The van der Waals surface area contributed by atoms with Crippen LogP contribution in [0.1, 0.15) is 25.3 Å². The van der Waals surface area contributed by atoms with Crippen molar-refractivity contribution in [2.75, 3.05) is 33.2 Å². The second kappa shape index (κ2) is 8.77. The Hall–Kier alpha value is -1.75. The van der Waals surface area contributed by atoms with Gasteiger partial charge in [-0.2, -0.15) is 0 Å². The summed E-state index contributed by atoms with van der Waals surface area (Å²) in [5.74, 6) is 0.854. The maximum atomic E-state index is 12.1. The van der Waals surface area contributed by atoms with Crippen LogP contribution >= 0.6 is 11.6 Å². The van der Waals surface area contributed by atoms with E-state index in [0.29, 0.717) is 6.54 Å². The van der Waals surface area contributed by atoms with Crippen LogP contribution in [0, 0.1) is 0 Å². The predicted molar refractivity (Wildman–Crippen MR) is 94.7 cm³/mol. The van der Waals surface area contributed by atoms with Crippen molar-refractivity contribution >= 4 is 23.5 Å². The molecule has 1 saturated heterocycles. The number of likely N-dealkylation sites (tertiary alicyclic amines) is 1. The van der Waals surface area contributed by atoms with Gasteiger partial charge in [-0.05, 0) is 37.5 Å². The Balaban J connectivity index is 1.96. The van der Waals surface area contributed by atoms with Gasteiger partial charge in [0, 0.05) is 38.2 Å². The molecule has 6 heteroatoms. The fourth-order valence-electron chi connectivity index (χ4n) is 2.62. The first-order valence-electron chi connectivity index (χ1n) is 8.12. The van der Waals surface area contributed by atoms with E-state index in [1.165, 1.54) is 0 Å². The fraction of sp³-hybridized carbons (Fsp3) is 0.529. The number of nitrogens with one attached hydrogen (secondary N) is 1. The number of nitrogens with zero attached hydrogens (tertiary/aromatic N) is 3. The number of amides is 1. The van der Waals surface area contributed by atoms with Gasteiger partial charge in [-0.1, -0.05) is 23.7 Å². The molecule has 0 unspecified atom stereocenters. The van der Waals surface area contributed by atoms with Gasteiger partial charge in [0.25, 0.3) is 0 Å². The van der Waals surface area contributed by atoms with E-state index in [1.807, 2.05) is 48.0 Å². The molecule has 1 heterocycles. The van der Waals surface area contributed by atoms with Crippen molar-refractivity contribution in [1.82, 2.24) is 15.1 Å². The molecule has 126 valence electrons. The first kappa shape index (κ1) is 17.6. The van der Waals surface area contributed by atoms with Crippen LogP contribution < -0.4 is 5.32 Å². The number of halogens is 1. The van der Waals surface area contributed by atoms with Crippen molar-refractivity contribution < 1.29 is 4.79 Å². The lowest BCUT2D eigenvalue weighted by Gasteiger charge is -2.22. The summed E-state index contributed by atoms with van der Waals surface area (Å²) in [5, 5.41) is 3.97. The minimum Gasteiger partial charge on any atom is -0.357 e. The standard InChI is InChI=1S/C17H25ClN4O/c1-3-19-17(20-12-16(23)22-10-4-5-11-22)21(2)13-14-6-8-15(18)9-7-14/h6-9H,3-5,10-13H2,1-2H3,(H,19,20). The summed E-state index contributed by atoms with van der Waals surface area (Å²) in [4.78, 5) is 20.5. The fourth-order valence-corrected chi connectivity index (χ4v) is 2.74. The number of carbonyl (C=O) groups is 1. The molecule has 2 rings (SSSR count). The Morgan fingerprint density at radius 2 is 1.96 bits per heavy atom. The predicted octanol–water partition coefficient (Wildman–Crippen LogP) is 2.36. The SMILES string of the molecule is CCNC(=NCC(=O)N1CCCC1)N(C)Cc1ccc(Cl)cc1. The number of benzene rings is 1. The van der Waals surface area contributed by atoms with E-state index in [1.54, 1.807) is 0 Å². The molecule has 0 bridgehead atoms. The largest absolute Gasteiger partial charge is 0.357 e. The van der Waals surface area contributed by atoms with Crippen LogP contribution in [0.15, 0.2) is 29.3 Å². The minimum atomic E-state index is 0.109. The zero-order chi connectivity index (χ0) is 16.7. The molecule has 5 nitrogen and oxygen atoms in total. The number of guanidine groups is 1. The first-order valence-corrected chi connectivity index (χ1v) is 8.49. The van der Waals surface area contributed by atoms with Crippen LogP contribution in [0.4, 0.5) is 0 Å². The van der Waals surface area contributed by atoms with Crippen LogP contribution in [0.3, 0.4) is 0 Å². The van der Waals surface area contributed by atoms with Crippen LogP contribution in [0.5, 0.6) is 0 Å². The lowest BCUT2D eigenvalue weighted by molar-refractivity contribution is -0.128. The van der Waals surface area contributed by atoms with Gasteiger partial charge in [-0.3, -0.25) is 4.79 Å². The maximum absolute atomic E-state index is 12.1. The second-order valence-corrected chi connectivity index (χ2v) is 6.18. The molecule has 1 amide bonds. The molecule has 0 aliphatic carbocycles. The van der Waals surface area contributed by atoms with Gasteiger partial charge in [0.05, 0.1) is 0 Å². The number of aliphatic imine (C=N–C) groups is 1. The molecule has 1 aromatic rings. The highest BCUT2D eigenvalue weighted by Gasteiger charge is 2.17. The highest BCUT2D eigenvalue weighted by atomic mass is 35.5. The lowest BCUT2D eigenvalue weighted by Crippen LogP contribution is -2.39. The molecular weight excluding hydrogens is 312 g/mol. The molecule has 1 aliphatic heterocycles. The number of rotatable bonds is 5. The third-order valence-corrected chi connectivity index (χ3v) is 4.10. The Kier molecular flexibility index (Phi) is 6.71. The number of carbonyl (C=O) groups excluding carboxylic acids is 1. The van der Waals surface area contributed by atoms with Gasteiger partial charge in [0.2, 0.25) is 5.91 Å². The van der Waals surface area contributed by atoms with Crippen LogP contribution in [-0.4, -0.2) is 54.9 Å². The van der Waals surface area contributed by atoms with Gasteiger partial charge in [-0.25, -0.2) is 4.99 Å². The summed E-state index contributed by atoms with van der Waals surface area (Å²) in [5.41, 5.74) is 1.15. The summed E-state index contributed by atoms with van der Waals surface area (Å²) in [6.07, 6.45) is 2.21. The molecule has 0 radical (unpaired) electrons. The lowest BCUT2D eigenvalue weighted by atomic mass is 10.2. The summed E-state index contributed by atoms with van der Waals surface area (Å²) >= 11 is 5.92. The summed E-state index contributed by atoms with van der Waals surface area (Å²) in [6.45, 7) is 5.43. The summed E-state index contributed by atoms with van der Waals surface area (Å²) in [7, 11) is 1.97. The molecule has 1 fully saturated rings. The van der Waals surface area contributed by atoms with E-state index in [0.717, 1.165) is 49.0 Å². The van der Waals surface area contributed by atoms with Crippen molar-refractivity contribution in [1.29, 1.82) is 0 Å². The molecular formula is C17H25ClN4O. The molecule has 1 aliphatic rings. The van der Waals surface area contributed by atoms with Crippen molar-refractivity contribution in [2.24, 2.45) is 4.99 Å². The van der Waals surface area contributed by atoms with Crippen molar-refractivity contribution in [2.45, 2.75) is 26.3 Å². The monoisotopic (exact) mass is 336 g/mol. The average molecular weight is 337 g/mol. The van der Waals surface area contributed by atoms with Gasteiger partial charge in [-0.15, -0.1) is 0 Å². The zero-order valence-electron chi connectivity index (χ0n) is 13.9. The Morgan fingerprint density at radius 1 is 1.30 bits per heavy atom. The molecule has 1 aromatic carbocycles. The average Bonchev–Trinajstić information content (AvgIpc) is 3.07. The Bertz CT molecular complexity index is 538. The normalized spacial score (nSPS) is 14.9. The topological polar surface area (TPSA) is 47.9 Å². The first-order chi connectivity index (χ1) is 11.1. The molecule has 0 aromatic heterocycles. The zero-order valence-corrected chi connectivity index (χ0v) is 14.6. The Morgan fingerprint density at radius 3 is 2.57 bits per heavy atom. The molecule has 0 spiro atoms. The molecule has 23 heavy (non-hydrogen) atoms. The maximum Gasteiger partial charge on any atom is 0.244 e. The highest BCUT2D eigenvalue weighted by molar-refractivity contribution is 6.30. The molecule has 0 atom stereocenters. The molecule has 1 N–H and O–H groups in total. The second-order valence-electron chi connectivity index (χ2n) is 5.74. The van der Waals surface area contributed by atoms with Crippen molar-refractivity contribution in [3.8, 4) is 0 Å². The Labute approximate surface area is 143 Å². The quantitative estimate of drug-likeness (QED) is 0.663. The van der Waals surface area contributed by atoms with Crippen LogP contribution in [0.2, 0.25) is 5.02 Å². The smallest absolute Gasteiger partial charge is 0.244 e. The minimum absolute atomic E-state index is 0.109. The third kappa shape index (κ3) is 5.43. The van der Waals surface area contributed by atoms with Crippen molar-refractivity contribution in [3.05, 3.63) is 34.9 Å². The van der Waals surface area contributed by atoms with Gasteiger partial charge < -0.3 is 15.1 Å². The van der Waals surface area contributed by atoms with E-state index >= 15 is 0 Å². The summed E-state index contributed by atoms with van der Waals surface area (Å²) < 4.78 is 0. The number of hydrogen-bond acceptors (Lipinski definition) is 2. The van der Waals surface area contributed by atoms with E-state index in [-0.39, 0.29) is 12.5 Å². The van der Waals surface area contributed by atoms with E-state index in [2.05, 4.69) is 10.3 Å². The van der Waals surface area contributed by atoms with E-state index < -0.39 is 0 Å². The molecule has 0 saturated carbocycles. The van der Waals surface area contributed by atoms with E-state index in [4.69, 9.17) is 11.6 Å². The van der Waals surface area contributed by atoms with Gasteiger partial charge in [0.1, 0.15) is 6.54 Å². The van der Waals surface area contributed by atoms with Gasteiger partial charge >= 0.3 is 0 Å². The van der Waals surface area contributed by atoms with Crippen LogP contribution in [0.25, 0.3) is 0 Å². The van der Waals surface area contributed by atoms with Crippen LogP contribution in [-0.2, 0) is 11.3 Å². The van der Waals surface area contributed by atoms with Gasteiger partial charge in [0.15, 0.2) is 5.96 Å². The third-order valence-electron chi connectivity index (χ3n) is 3.85. The summed E-state index contributed by atoms with van der Waals surface area (Å²) in [6, 6.07) is 7.76. The van der Waals surface area contributed by atoms with E-state index in [9.17, 15) is 4.79 Å².